The Hall–Kier alpha value is -1.67. The highest BCUT2D eigenvalue weighted by molar-refractivity contribution is 7.88. The van der Waals surface area contributed by atoms with Gasteiger partial charge >= 0.3 is 0 Å². The number of hydrogen-bond donors (Lipinski definition) is 0. The Kier molecular flexibility index (Phi) is 6.17. The number of rotatable bonds is 5. The van der Waals surface area contributed by atoms with E-state index in [1.165, 1.54) is 23.7 Å². The van der Waals surface area contributed by atoms with Crippen molar-refractivity contribution in [2.75, 3.05) is 39.5 Å². The molecule has 1 saturated heterocycles. The monoisotopic (exact) mass is 358 g/mol. The van der Waals surface area contributed by atoms with Crippen LogP contribution >= 0.6 is 0 Å². The number of halogens is 1. The van der Waals surface area contributed by atoms with Gasteiger partial charge in [0.25, 0.3) is 0 Å². The van der Waals surface area contributed by atoms with Gasteiger partial charge in [0, 0.05) is 32.6 Å². The second-order valence-corrected chi connectivity index (χ2v) is 7.85. The van der Waals surface area contributed by atoms with E-state index in [2.05, 4.69) is 0 Å². The van der Waals surface area contributed by atoms with Gasteiger partial charge in [-0.05, 0) is 30.5 Å². The predicted octanol–water partition coefficient (Wildman–Crippen LogP) is 1.26. The van der Waals surface area contributed by atoms with Crippen LogP contribution in [0, 0.1) is 5.82 Å². The van der Waals surface area contributed by atoms with E-state index in [0.717, 1.165) is 5.56 Å². The molecule has 24 heavy (non-hydrogen) atoms. The predicted molar refractivity (Wildman–Crippen MR) is 88.9 cm³/mol. The lowest BCUT2D eigenvalue weighted by atomic mass is 10.1. The topological polar surface area (TPSA) is 66.9 Å². The molecule has 0 saturated carbocycles. The zero-order chi connectivity index (χ0) is 17.7. The molecule has 0 radical (unpaired) electrons. The molecule has 2 rings (SSSR count). The summed E-state index contributed by atoms with van der Waals surface area (Å²) in [6.07, 6.45) is 2.51. The van der Waals surface area contributed by atoms with Gasteiger partial charge in [0.15, 0.2) is 11.6 Å². The van der Waals surface area contributed by atoms with Gasteiger partial charge in [0.1, 0.15) is 0 Å². The molecule has 0 aromatic heterocycles. The number of carbonyl (C=O) groups excluding carboxylic acids is 1. The zero-order valence-corrected chi connectivity index (χ0v) is 14.8. The Morgan fingerprint density at radius 3 is 2.62 bits per heavy atom. The number of amides is 1. The number of aryl methyl sites for hydroxylation is 1. The summed E-state index contributed by atoms with van der Waals surface area (Å²) in [4.78, 5) is 14.0. The van der Waals surface area contributed by atoms with Crippen LogP contribution in [0.3, 0.4) is 0 Å². The molecular formula is C16H23FN2O4S. The first-order chi connectivity index (χ1) is 11.3. The largest absolute Gasteiger partial charge is 0.494 e. The zero-order valence-electron chi connectivity index (χ0n) is 14.0. The molecule has 1 aromatic carbocycles. The number of hydrogen-bond acceptors (Lipinski definition) is 4. The van der Waals surface area contributed by atoms with Crippen LogP contribution in [-0.2, 0) is 21.2 Å². The summed E-state index contributed by atoms with van der Waals surface area (Å²) >= 11 is 0. The molecule has 1 amide bonds. The maximum atomic E-state index is 13.7. The quantitative estimate of drug-likeness (QED) is 0.795. The van der Waals surface area contributed by atoms with Crippen molar-refractivity contribution in [2.24, 2.45) is 0 Å². The fraction of sp³-hybridized carbons (Fsp3) is 0.562. The number of methoxy groups -OCH3 is 1. The first-order valence-electron chi connectivity index (χ1n) is 7.86. The maximum absolute atomic E-state index is 13.7. The SMILES string of the molecule is COc1ccc(CCC(=O)N2CCCN(S(C)(=O)=O)CC2)cc1F. The van der Waals surface area contributed by atoms with E-state index < -0.39 is 15.8 Å². The third kappa shape index (κ3) is 4.91. The minimum atomic E-state index is -3.22. The van der Waals surface area contributed by atoms with Crippen LogP contribution in [0.4, 0.5) is 4.39 Å². The molecule has 0 spiro atoms. The molecule has 1 aliphatic rings. The molecule has 1 heterocycles. The van der Waals surface area contributed by atoms with Gasteiger partial charge in [-0.15, -0.1) is 0 Å². The van der Waals surface area contributed by atoms with Crippen molar-refractivity contribution in [3.63, 3.8) is 0 Å². The van der Waals surface area contributed by atoms with Crippen LogP contribution in [0.1, 0.15) is 18.4 Å². The molecule has 1 fully saturated rings. The fourth-order valence-corrected chi connectivity index (χ4v) is 3.62. The van der Waals surface area contributed by atoms with Gasteiger partial charge in [-0.3, -0.25) is 4.79 Å². The molecule has 0 bridgehead atoms. The number of nitrogens with zero attached hydrogens (tertiary/aromatic N) is 2. The van der Waals surface area contributed by atoms with Crippen LogP contribution in [-0.4, -0.2) is 63.1 Å². The van der Waals surface area contributed by atoms with Gasteiger partial charge in [0.05, 0.1) is 13.4 Å². The van der Waals surface area contributed by atoms with Crippen molar-refractivity contribution in [3.05, 3.63) is 29.6 Å². The Balaban J connectivity index is 1.89. The average molecular weight is 358 g/mol. The first-order valence-corrected chi connectivity index (χ1v) is 9.71. The van der Waals surface area contributed by atoms with Gasteiger partial charge in [-0.2, -0.15) is 0 Å². The summed E-state index contributed by atoms with van der Waals surface area (Å²) in [5.74, 6) is -0.305. The van der Waals surface area contributed by atoms with Crippen molar-refractivity contribution >= 4 is 15.9 Å². The van der Waals surface area contributed by atoms with Gasteiger partial charge < -0.3 is 9.64 Å². The minimum Gasteiger partial charge on any atom is -0.494 e. The van der Waals surface area contributed by atoms with Gasteiger partial charge in [-0.25, -0.2) is 17.1 Å². The van der Waals surface area contributed by atoms with Crippen molar-refractivity contribution in [2.45, 2.75) is 19.3 Å². The molecule has 8 heteroatoms. The van der Waals surface area contributed by atoms with E-state index in [4.69, 9.17) is 4.74 Å². The second-order valence-electron chi connectivity index (χ2n) is 5.87. The standard InChI is InChI=1S/C16H23FN2O4S/c1-23-15-6-4-13(12-14(15)17)5-7-16(20)18-8-3-9-19(11-10-18)24(2,21)22/h4,6,12H,3,5,7-11H2,1-2H3. The number of benzene rings is 1. The number of sulfonamides is 1. The van der Waals surface area contributed by atoms with Crippen LogP contribution in [0.25, 0.3) is 0 Å². The third-order valence-corrected chi connectivity index (χ3v) is 5.42. The Morgan fingerprint density at radius 2 is 2.00 bits per heavy atom. The van der Waals surface area contributed by atoms with Crippen molar-refractivity contribution in [1.29, 1.82) is 0 Å². The Labute approximate surface area is 142 Å². The molecule has 0 atom stereocenters. The summed E-state index contributed by atoms with van der Waals surface area (Å²) in [5.41, 5.74) is 0.731. The van der Waals surface area contributed by atoms with Crippen molar-refractivity contribution < 1.29 is 22.3 Å². The van der Waals surface area contributed by atoms with E-state index in [-0.39, 0.29) is 18.1 Å². The smallest absolute Gasteiger partial charge is 0.222 e. The maximum Gasteiger partial charge on any atom is 0.222 e. The van der Waals surface area contributed by atoms with Crippen molar-refractivity contribution in [3.8, 4) is 5.75 Å². The average Bonchev–Trinajstić information content (AvgIpc) is 2.78. The normalized spacial score (nSPS) is 16.7. The van der Waals surface area contributed by atoms with Crippen LogP contribution in [0.15, 0.2) is 18.2 Å². The van der Waals surface area contributed by atoms with Crippen LogP contribution in [0.5, 0.6) is 5.75 Å². The Bertz CT molecular complexity index is 693. The number of carbonyl (C=O) groups is 1. The van der Waals surface area contributed by atoms with Gasteiger partial charge in [0.2, 0.25) is 15.9 Å². The van der Waals surface area contributed by atoms with E-state index in [0.29, 0.717) is 39.0 Å². The van der Waals surface area contributed by atoms with E-state index in [1.54, 1.807) is 17.0 Å². The second kappa shape index (κ2) is 7.94. The highest BCUT2D eigenvalue weighted by Crippen LogP contribution is 2.19. The van der Waals surface area contributed by atoms with E-state index in [1.807, 2.05) is 0 Å². The third-order valence-electron chi connectivity index (χ3n) is 4.12. The fourth-order valence-electron chi connectivity index (χ4n) is 2.75. The molecule has 134 valence electrons. The van der Waals surface area contributed by atoms with Crippen LogP contribution in [0.2, 0.25) is 0 Å². The highest BCUT2D eigenvalue weighted by atomic mass is 32.2. The van der Waals surface area contributed by atoms with E-state index >= 15 is 0 Å². The summed E-state index contributed by atoms with van der Waals surface area (Å²) in [7, 11) is -1.82. The van der Waals surface area contributed by atoms with Crippen molar-refractivity contribution in [1.82, 2.24) is 9.21 Å². The van der Waals surface area contributed by atoms with E-state index in [9.17, 15) is 17.6 Å². The minimum absolute atomic E-state index is 0.0402. The molecule has 0 N–H and O–H groups in total. The summed E-state index contributed by atoms with van der Waals surface area (Å²) in [5, 5.41) is 0. The lowest BCUT2D eigenvalue weighted by Crippen LogP contribution is -2.37. The molecular weight excluding hydrogens is 335 g/mol. The molecule has 6 nitrogen and oxygen atoms in total. The highest BCUT2D eigenvalue weighted by Gasteiger charge is 2.23. The molecule has 0 aliphatic carbocycles. The first kappa shape index (κ1) is 18.7. The molecule has 1 aliphatic heterocycles. The summed E-state index contributed by atoms with van der Waals surface area (Å²) in [6, 6.07) is 4.66. The lowest BCUT2D eigenvalue weighted by Gasteiger charge is -2.21. The molecule has 1 aromatic rings. The lowest BCUT2D eigenvalue weighted by molar-refractivity contribution is -0.131. The Morgan fingerprint density at radius 1 is 1.25 bits per heavy atom. The van der Waals surface area contributed by atoms with Crippen LogP contribution < -0.4 is 4.74 Å². The summed E-state index contributed by atoms with van der Waals surface area (Å²) in [6.45, 7) is 1.69. The number of ether oxygens (including phenoxy) is 1. The summed E-state index contributed by atoms with van der Waals surface area (Å²) < 4.78 is 43.1. The van der Waals surface area contributed by atoms with Gasteiger partial charge in [-0.1, -0.05) is 6.07 Å². The molecule has 0 unspecified atom stereocenters.